The van der Waals surface area contributed by atoms with Gasteiger partial charge in [0.25, 0.3) is 0 Å². The smallest absolute Gasteiger partial charge is 1.00 e. The minimum atomic E-state index is 0. The molecule has 0 nitrogen and oxygen atoms in total. The van der Waals surface area contributed by atoms with Gasteiger partial charge in [0.15, 0.2) is 0 Å². The van der Waals surface area contributed by atoms with Crippen molar-refractivity contribution in [2.24, 2.45) is 0 Å². The van der Waals surface area contributed by atoms with Crippen LogP contribution in [0, 0.1) is 6.92 Å². The Morgan fingerprint density at radius 1 is 1.08 bits per heavy atom. The number of hydrogen-bond acceptors (Lipinski definition) is 0. The third kappa shape index (κ3) is 3.49. The van der Waals surface area contributed by atoms with Crippen LogP contribution in [-0.4, -0.2) is 0 Å². The topological polar surface area (TPSA) is 0 Å². The van der Waals surface area contributed by atoms with E-state index < -0.39 is 0 Å². The molecular weight excluding hydrogens is 370 g/mol. The van der Waals surface area contributed by atoms with Crippen molar-refractivity contribution in [3.63, 3.8) is 0 Å². The predicted octanol–water partition coefficient (Wildman–Crippen LogP) is -3.13. The quantitative estimate of drug-likeness (QED) is 0.336. The Labute approximate surface area is 110 Å². The minimum absolute atomic E-state index is 0. The summed E-state index contributed by atoms with van der Waals surface area (Å²) in [5.41, 5.74) is 1.33. The zero-order chi connectivity index (χ0) is 6.97. The van der Waals surface area contributed by atoms with Gasteiger partial charge in [0, 0.05) is 0 Å². The van der Waals surface area contributed by atoms with Crippen LogP contribution in [0.4, 0.5) is 0 Å². The first-order valence-corrected chi connectivity index (χ1v) is 3.48. The summed E-state index contributed by atoms with van der Waals surface area (Å²) < 4.78 is 0. The van der Waals surface area contributed by atoms with E-state index in [0.29, 0.717) is 0 Å². The third-order valence-corrected chi connectivity index (χ3v) is 1.79. The van der Waals surface area contributed by atoms with E-state index in [0.717, 1.165) is 0 Å². The molecule has 0 atom stereocenters. The number of rotatable bonds is 0. The van der Waals surface area contributed by atoms with Gasteiger partial charge in [-0.05, 0) is 6.92 Å². The zero-order valence-corrected chi connectivity index (χ0v) is 12.3. The van der Waals surface area contributed by atoms with Crippen LogP contribution < -0.4 is 24.8 Å². The Morgan fingerprint density at radius 2 is 1.77 bits per heavy atom. The maximum atomic E-state index is 2.20. The summed E-state index contributed by atoms with van der Waals surface area (Å²) in [5, 5.41) is 2.69. The molecule has 0 N–H and O–H groups in total. The molecule has 2 rings (SSSR count). The molecule has 0 unspecified atom stereocenters. The van der Waals surface area contributed by atoms with Crippen molar-refractivity contribution in [1.82, 2.24) is 0 Å². The van der Waals surface area contributed by atoms with E-state index in [-0.39, 0.29) is 50.7 Å². The monoisotopic (exact) mass is 379 g/mol. The van der Waals surface area contributed by atoms with E-state index in [1.807, 2.05) is 0 Å². The van der Waals surface area contributed by atoms with Gasteiger partial charge in [-0.15, -0.1) is 29.0 Å². The van der Waals surface area contributed by atoms with Crippen LogP contribution in [0.3, 0.4) is 0 Å². The number of aryl methyl sites for hydroxylation is 1. The van der Waals surface area contributed by atoms with Crippen LogP contribution in [0.15, 0.2) is 36.4 Å². The van der Waals surface area contributed by atoms with Gasteiger partial charge in [-0.1, -0.05) is 11.6 Å². The van der Waals surface area contributed by atoms with Crippen LogP contribution >= 0.6 is 0 Å². The third-order valence-electron chi connectivity index (χ3n) is 1.79. The average Bonchev–Trinajstić information content (AvgIpc) is 2.33. The molecule has 0 radical (unpaired) electrons. The van der Waals surface area contributed by atoms with E-state index in [2.05, 4.69) is 43.3 Å². The van der Waals surface area contributed by atoms with Gasteiger partial charge in [0.05, 0.1) is 0 Å². The van der Waals surface area contributed by atoms with E-state index in [4.69, 9.17) is 0 Å². The van der Waals surface area contributed by atoms with E-state index in [1.54, 1.807) is 0 Å². The van der Waals surface area contributed by atoms with Crippen molar-refractivity contribution in [3.8, 4) is 0 Å². The fourth-order valence-electron chi connectivity index (χ4n) is 1.25. The average molecular weight is 379 g/mol. The van der Waals surface area contributed by atoms with Crippen molar-refractivity contribution in [3.05, 3.63) is 42.0 Å². The summed E-state index contributed by atoms with van der Waals surface area (Å²) in [6, 6.07) is 12.9. The molecule has 0 saturated heterocycles. The number of benzene rings is 1. The molecule has 3 heteroatoms. The van der Waals surface area contributed by atoms with Crippen molar-refractivity contribution in [2.75, 3.05) is 0 Å². The Morgan fingerprint density at radius 3 is 2.46 bits per heavy atom. The van der Waals surface area contributed by atoms with Crippen molar-refractivity contribution in [2.45, 2.75) is 6.92 Å². The molecule has 2 aromatic carbocycles. The van der Waals surface area contributed by atoms with Crippen molar-refractivity contribution < 1.29 is 50.7 Å². The Balaban J connectivity index is 0. The number of halogens is 2. The van der Waals surface area contributed by atoms with Gasteiger partial charge >= 0.3 is 25.8 Å². The molecule has 0 aliphatic rings. The van der Waals surface area contributed by atoms with Gasteiger partial charge in [-0.2, -0.15) is 12.1 Å². The van der Waals surface area contributed by atoms with Crippen LogP contribution in [0.5, 0.6) is 0 Å². The minimum Gasteiger partial charge on any atom is -1.00 e. The molecule has 66 valence electrons. The molecule has 2 aromatic rings. The van der Waals surface area contributed by atoms with Crippen molar-refractivity contribution in [1.29, 1.82) is 0 Å². The second-order valence-electron chi connectivity index (χ2n) is 2.66. The van der Waals surface area contributed by atoms with E-state index in [1.165, 1.54) is 16.3 Å². The molecule has 0 aromatic heterocycles. The summed E-state index contributed by atoms with van der Waals surface area (Å²) >= 11 is 0. The SMILES string of the molecule is Cc1ccc2cc[cH-]c2c1.[Cl-].[Cl-].[Hf+4]. The first-order chi connectivity index (χ1) is 4.86. The summed E-state index contributed by atoms with van der Waals surface area (Å²) in [5.74, 6) is 0. The van der Waals surface area contributed by atoms with Crippen LogP contribution in [0.25, 0.3) is 10.8 Å². The molecule has 0 saturated carbocycles. The molecule has 13 heavy (non-hydrogen) atoms. The molecule has 0 fully saturated rings. The van der Waals surface area contributed by atoms with Gasteiger partial charge < -0.3 is 24.8 Å². The van der Waals surface area contributed by atoms with Crippen LogP contribution in [-0.2, 0) is 25.8 Å². The second kappa shape index (κ2) is 6.69. The Hall–Kier alpha value is 0.280. The summed E-state index contributed by atoms with van der Waals surface area (Å²) in [7, 11) is 0. The van der Waals surface area contributed by atoms with Crippen LogP contribution in [0.2, 0.25) is 0 Å². The summed E-state index contributed by atoms with van der Waals surface area (Å²) in [4.78, 5) is 0. The van der Waals surface area contributed by atoms with Gasteiger partial charge in [0.1, 0.15) is 0 Å². The molecule has 0 amide bonds. The molecule has 0 bridgehead atoms. The van der Waals surface area contributed by atoms with E-state index in [9.17, 15) is 0 Å². The second-order valence-corrected chi connectivity index (χ2v) is 2.66. The van der Waals surface area contributed by atoms with Gasteiger partial charge in [-0.3, -0.25) is 0 Å². The van der Waals surface area contributed by atoms with Gasteiger partial charge in [0.2, 0.25) is 0 Å². The standard InChI is InChI=1S/C10H9.2ClH.Hf/c1-8-5-6-9-3-2-4-10(9)7-8;;;/h2-7H,1H3;2*1H;/q-1;;;+4/p-2. The molecular formula is C10H9Cl2Hf+. The molecule has 0 aliphatic carbocycles. The zero-order valence-electron chi connectivity index (χ0n) is 7.22. The first-order valence-electron chi connectivity index (χ1n) is 3.48. The molecule has 0 heterocycles. The van der Waals surface area contributed by atoms with E-state index >= 15 is 0 Å². The number of hydrogen-bond donors (Lipinski definition) is 0. The Kier molecular flexibility index (Phi) is 8.10. The summed E-state index contributed by atoms with van der Waals surface area (Å²) in [6.07, 6.45) is 0. The normalized spacial score (nSPS) is 8.08. The molecule has 0 spiro atoms. The molecule has 0 aliphatic heterocycles. The maximum Gasteiger partial charge on any atom is 4.00 e. The number of fused-ring (bicyclic) bond motifs is 1. The fraction of sp³-hybridized carbons (Fsp3) is 0.100. The van der Waals surface area contributed by atoms with Crippen LogP contribution in [0.1, 0.15) is 5.56 Å². The van der Waals surface area contributed by atoms with Crippen molar-refractivity contribution >= 4 is 10.8 Å². The largest absolute Gasteiger partial charge is 4.00 e. The maximum absolute atomic E-state index is 2.20. The predicted molar refractivity (Wildman–Crippen MR) is 44.3 cm³/mol. The summed E-state index contributed by atoms with van der Waals surface area (Å²) in [6.45, 7) is 2.12. The fourth-order valence-corrected chi connectivity index (χ4v) is 1.25. The Bertz CT molecular complexity index is 354. The van der Waals surface area contributed by atoms with Gasteiger partial charge in [-0.25, -0.2) is 0 Å². The first kappa shape index (κ1) is 15.7.